The molecule has 2 amide bonds. The number of nitrogens with one attached hydrogen (secondary N) is 2. The molecule has 1 atom stereocenters. The van der Waals surface area contributed by atoms with Crippen LogP contribution in [0.2, 0.25) is 0 Å². The highest BCUT2D eigenvalue weighted by Gasteiger charge is 2.37. The first-order chi connectivity index (χ1) is 14.4. The van der Waals surface area contributed by atoms with Crippen LogP contribution in [0.5, 0.6) is 0 Å². The minimum Gasteiger partial charge on any atom is -0.352 e. The number of rotatable bonds is 4. The number of likely N-dealkylation sites (tertiary alicyclic amines) is 1. The third-order valence-corrected chi connectivity index (χ3v) is 5.69. The number of benzene rings is 1. The maximum Gasteiger partial charge on any atom is 0.416 e. The average molecular weight is 451 g/mol. The van der Waals surface area contributed by atoms with Crippen molar-refractivity contribution >= 4 is 11.8 Å². The molecule has 0 spiro atoms. The average Bonchev–Trinajstić information content (AvgIpc) is 3.25. The van der Waals surface area contributed by atoms with E-state index in [-0.39, 0.29) is 30.5 Å². The van der Waals surface area contributed by atoms with Crippen LogP contribution in [-0.2, 0) is 17.1 Å². The zero-order valence-corrected chi connectivity index (χ0v) is 16.6. The van der Waals surface area contributed by atoms with Crippen molar-refractivity contribution in [2.45, 2.75) is 44.1 Å². The lowest BCUT2D eigenvalue weighted by molar-refractivity contribution is -0.143. The van der Waals surface area contributed by atoms with E-state index in [1.807, 2.05) is 0 Å². The van der Waals surface area contributed by atoms with Gasteiger partial charge >= 0.3 is 12.4 Å². The highest BCUT2D eigenvalue weighted by molar-refractivity contribution is 5.94. The number of nitrogens with zero attached hydrogens (tertiary/aromatic N) is 1. The maximum atomic E-state index is 13.0. The lowest BCUT2D eigenvalue weighted by Gasteiger charge is -2.33. The van der Waals surface area contributed by atoms with Gasteiger partial charge in [0, 0.05) is 25.2 Å². The zero-order valence-electron chi connectivity index (χ0n) is 16.6. The van der Waals surface area contributed by atoms with Crippen LogP contribution >= 0.6 is 0 Å². The second-order valence-corrected chi connectivity index (χ2v) is 7.92. The van der Waals surface area contributed by atoms with Gasteiger partial charge in [0.2, 0.25) is 5.91 Å². The fraction of sp³-hybridized carbons (Fsp3) is 0.600. The molecule has 0 radical (unpaired) electrons. The zero-order chi connectivity index (χ0) is 22.8. The summed E-state index contributed by atoms with van der Waals surface area (Å²) >= 11 is 0. The van der Waals surface area contributed by atoms with Crippen LogP contribution in [0.1, 0.15) is 47.2 Å². The molecule has 0 unspecified atom stereocenters. The molecule has 0 aliphatic carbocycles. The van der Waals surface area contributed by atoms with Crippen LogP contribution in [-0.4, -0.2) is 48.9 Å². The number of carbonyl (C=O) groups is 2. The number of alkyl halides is 6. The number of halogens is 6. The lowest BCUT2D eigenvalue weighted by atomic mass is 9.96. The summed E-state index contributed by atoms with van der Waals surface area (Å²) in [5, 5.41) is 5.58. The number of hydrogen-bond donors (Lipinski definition) is 2. The van der Waals surface area contributed by atoms with Crippen LogP contribution < -0.4 is 10.6 Å². The first-order valence-electron chi connectivity index (χ1n) is 10.0. The quantitative estimate of drug-likeness (QED) is 0.690. The highest BCUT2D eigenvalue weighted by atomic mass is 19.4. The molecule has 2 saturated heterocycles. The Morgan fingerprint density at radius 3 is 2.03 bits per heavy atom. The van der Waals surface area contributed by atoms with E-state index in [0.717, 1.165) is 19.4 Å². The van der Waals surface area contributed by atoms with Gasteiger partial charge < -0.3 is 15.5 Å². The van der Waals surface area contributed by atoms with Crippen molar-refractivity contribution in [2.75, 3.05) is 26.2 Å². The van der Waals surface area contributed by atoms with E-state index in [0.29, 0.717) is 38.1 Å². The van der Waals surface area contributed by atoms with Crippen LogP contribution in [0.15, 0.2) is 18.2 Å². The van der Waals surface area contributed by atoms with Gasteiger partial charge in [-0.1, -0.05) is 0 Å². The van der Waals surface area contributed by atoms with Crippen molar-refractivity contribution in [3.8, 4) is 0 Å². The van der Waals surface area contributed by atoms with Crippen molar-refractivity contribution in [3.63, 3.8) is 0 Å². The predicted octanol–water partition coefficient (Wildman–Crippen LogP) is 3.44. The Balaban J connectivity index is 1.58. The maximum absolute atomic E-state index is 13.0. The Hall–Kier alpha value is -2.30. The topological polar surface area (TPSA) is 61.4 Å². The summed E-state index contributed by atoms with van der Waals surface area (Å²) in [6, 6.07) is 0.656. The molecular weight excluding hydrogens is 428 g/mol. The Morgan fingerprint density at radius 1 is 0.968 bits per heavy atom. The molecule has 2 fully saturated rings. The summed E-state index contributed by atoms with van der Waals surface area (Å²) in [6.07, 6.45) is -7.09. The van der Waals surface area contributed by atoms with Crippen molar-refractivity contribution in [2.24, 2.45) is 5.92 Å². The minimum atomic E-state index is -5.01. The standard InChI is InChI=1S/C20H23F6N3O2/c21-19(22,23)14-8-13(9-15(10-14)20(24,25)26)17(30)28-11-12-3-6-29(7-4-12)18(31)16-2-1-5-27-16/h8-10,12,16,27H,1-7,11H2,(H,28,30)/t16-/m0/s1. The Morgan fingerprint density at radius 2 is 1.55 bits per heavy atom. The van der Waals surface area contributed by atoms with Gasteiger partial charge in [0.25, 0.3) is 5.91 Å². The molecule has 31 heavy (non-hydrogen) atoms. The first-order valence-corrected chi connectivity index (χ1v) is 10.0. The SMILES string of the molecule is O=C(NCC1CCN(C(=O)[C@@H]2CCCN2)CC1)c1cc(C(F)(F)F)cc(C(F)(F)F)c1. The molecule has 2 N–H and O–H groups in total. The highest BCUT2D eigenvalue weighted by Crippen LogP contribution is 2.36. The molecule has 0 aromatic heterocycles. The van der Waals surface area contributed by atoms with E-state index in [4.69, 9.17) is 0 Å². The van der Waals surface area contributed by atoms with E-state index < -0.39 is 35.0 Å². The number of carbonyl (C=O) groups excluding carboxylic acids is 2. The smallest absolute Gasteiger partial charge is 0.352 e. The summed E-state index contributed by atoms with van der Waals surface area (Å²) in [5.41, 5.74) is -3.75. The molecule has 2 aliphatic heterocycles. The van der Waals surface area contributed by atoms with Gasteiger partial charge in [-0.15, -0.1) is 0 Å². The number of hydrogen-bond acceptors (Lipinski definition) is 3. The van der Waals surface area contributed by atoms with Crippen LogP contribution in [0.25, 0.3) is 0 Å². The molecule has 2 aliphatic rings. The van der Waals surface area contributed by atoms with E-state index >= 15 is 0 Å². The summed E-state index contributed by atoms with van der Waals surface area (Å²) in [4.78, 5) is 26.4. The molecule has 3 rings (SSSR count). The Labute approximate surface area is 175 Å². The van der Waals surface area contributed by atoms with Crippen LogP contribution in [0, 0.1) is 5.92 Å². The molecule has 1 aromatic carbocycles. The van der Waals surface area contributed by atoms with Crippen molar-refractivity contribution in [1.29, 1.82) is 0 Å². The van der Waals surface area contributed by atoms with Gasteiger partial charge in [-0.25, -0.2) is 0 Å². The predicted molar refractivity (Wildman–Crippen MR) is 99.1 cm³/mol. The third kappa shape index (κ3) is 5.90. The molecule has 0 saturated carbocycles. The second kappa shape index (κ2) is 9.05. The normalized spacial score (nSPS) is 20.7. The van der Waals surface area contributed by atoms with Gasteiger partial charge in [-0.3, -0.25) is 9.59 Å². The van der Waals surface area contributed by atoms with E-state index in [1.165, 1.54) is 0 Å². The molecule has 172 valence electrons. The van der Waals surface area contributed by atoms with Crippen LogP contribution in [0.4, 0.5) is 26.3 Å². The van der Waals surface area contributed by atoms with Crippen molar-refractivity contribution in [3.05, 3.63) is 34.9 Å². The van der Waals surface area contributed by atoms with Crippen molar-refractivity contribution < 1.29 is 35.9 Å². The monoisotopic (exact) mass is 451 g/mol. The number of piperidine rings is 1. The largest absolute Gasteiger partial charge is 0.416 e. The van der Waals surface area contributed by atoms with E-state index in [2.05, 4.69) is 10.6 Å². The van der Waals surface area contributed by atoms with Gasteiger partial charge in [-0.2, -0.15) is 26.3 Å². The van der Waals surface area contributed by atoms with Gasteiger partial charge in [0.15, 0.2) is 0 Å². The van der Waals surface area contributed by atoms with Crippen LogP contribution in [0.3, 0.4) is 0 Å². The summed E-state index contributed by atoms with van der Waals surface area (Å²) in [6.45, 7) is 1.92. The molecule has 0 bridgehead atoms. The summed E-state index contributed by atoms with van der Waals surface area (Å²) in [5.74, 6) is -0.966. The van der Waals surface area contributed by atoms with E-state index in [9.17, 15) is 35.9 Å². The molecule has 5 nitrogen and oxygen atoms in total. The Bertz CT molecular complexity index is 778. The molecule has 11 heteroatoms. The molecular formula is C20H23F6N3O2. The number of amides is 2. The fourth-order valence-corrected chi connectivity index (χ4v) is 3.90. The lowest BCUT2D eigenvalue weighted by Crippen LogP contribution is -2.48. The minimum absolute atomic E-state index is 0.0112. The fourth-order valence-electron chi connectivity index (χ4n) is 3.90. The van der Waals surface area contributed by atoms with Crippen molar-refractivity contribution in [1.82, 2.24) is 15.5 Å². The summed E-state index contributed by atoms with van der Waals surface area (Å²) < 4.78 is 77.7. The van der Waals surface area contributed by atoms with E-state index in [1.54, 1.807) is 4.90 Å². The summed E-state index contributed by atoms with van der Waals surface area (Å²) in [7, 11) is 0. The first kappa shape index (κ1) is 23.4. The van der Waals surface area contributed by atoms with Gasteiger partial charge in [0.05, 0.1) is 17.2 Å². The van der Waals surface area contributed by atoms with Gasteiger partial charge in [-0.05, 0) is 56.3 Å². The third-order valence-electron chi connectivity index (χ3n) is 5.69. The molecule has 1 aromatic rings. The molecule has 2 heterocycles. The second-order valence-electron chi connectivity index (χ2n) is 7.92. The Kier molecular flexibility index (Phi) is 6.82. The van der Waals surface area contributed by atoms with Gasteiger partial charge in [0.1, 0.15) is 0 Å².